The standard InChI is InChI=1S/C8H11ClN2OS/c1-11(2)5-7(12)10-6-3-4-13-8(6)9/h3-4H,5H2,1-2H3,(H,10,12). The first-order valence-corrected chi connectivity index (χ1v) is 5.03. The van der Waals surface area contributed by atoms with Crippen molar-refractivity contribution in [1.82, 2.24) is 4.90 Å². The van der Waals surface area contributed by atoms with E-state index in [-0.39, 0.29) is 5.91 Å². The van der Waals surface area contributed by atoms with Crippen LogP contribution in [0, 0.1) is 0 Å². The molecule has 0 atom stereocenters. The molecule has 1 rings (SSSR count). The Bertz CT molecular complexity index is 298. The molecular weight excluding hydrogens is 208 g/mol. The van der Waals surface area contributed by atoms with Crippen molar-refractivity contribution in [3.05, 3.63) is 15.8 Å². The van der Waals surface area contributed by atoms with Crippen LogP contribution < -0.4 is 5.32 Å². The molecule has 0 radical (unpaired) electrons. The van der Waals surface area contributed by atoms with E-state index in [1.165, 1.54) is 11.3 Å². The largest absolute Gasteiger partial charge is 0.323 e. The van der Waals surface area contributed by atoms with E-state index in [2.05, 4.69) is 5.32 Å². The number of amides is 1. The van der Waals surface area contributed by atoms with Crippen LogP contribution >= 0.6 is 22.9 Å². The van der Waals surface area contributed by atoms with Crippen molar-refractivity contribution in [3.63, 3.8) is 0 Å². The Morgan fingerprint density at radius 1 is 1.69 bits per heavy atom. The lowest BCUT2D eigenvalue weighted by Gasteiger charge is -2.08. The number of rotatable bonds is 3. The van der Waals surface area contributed by atoms with Gasteiger partial charge in [-0.1, -0.05) is 11.6 Å². The number of nitrogens with zero attached hydrogens (tertiary/aromatic N) is 1. The van der Waals surface area contributed by atoms with E-state index in [4.69, 9.17) is 11.6 Å². The van der Waals surface area contributed by atoms with Gasteiger partial charge in [0.25, 0.3) is 0 Å². The normalized spacial score (nSPS) is 10.5. The third-order valence-corrected chi connectivity index (χ3v) is 2.52. The van der Waals surface area contributed by atoms with Gasteiger partial charge < -0.3 is 10.2 Å². The molecule has 1 aromatic heterocycles. The summed E-state index contributed by atoms with van der Waals surface area (Å²) in [5.41, 5.74) is 0.693. The maximum atomic E-state index is 11.3. The second kappa shape index (κ2) is 4.60. The van der Waals surface area contributed by atoms with E-state index in [1.807, 2.05) is 19.5 Å². The van der Waals surface area contributed by atoms with Crippen molar-refractivity contribution in [1.29, 1.82) is 0 Å². The molecule has 0 fully saturated rings. The molecule has 0 aromatic carbocycles. The average Bonchev–Trinajstić information content (AvgIpc) is 2.34. The SMILES string of the molecule is CN(C)CC(=O)Nc1ccsc1Cl. The molecule has 0 bridgehead atoms. The molecule has 5 heteroatoms. The van der Waals surface area contributed by atoms with Crippen LogP contribution in [-0.4, -0.2) is 31.4 Å². The van der Waals surface area contributed by atoms with Gasteiger partial charge in [0.1, 0.15) is 4.34 Å². The average molecular weight is 219 g/mol. The quantitative estimate of drug-likeness (QED) is 0.841. The van der Waals surface area contributed by atoms with Crippen LogP contribution in [0.4, 0.5) is 5.69 Å². The van der Waals surface area contributed by atoms with E-state index in [9.17, 15) is 4.79 Å². The number of hydrogen-bond acceptors (Lipinski definition) is 3. The molecule has 0 aliphatic carbocycles. The van der Waals surface area contributed by atoms with Crippen LogP contribution in [0.5, 0.6) is 0 Å². The summed E-state index contributed by atoms with van der Waals surface area (Å²) < 4.78 is 0.618. The molecule has 1 amide bonds. The molecule has 0 unspecified atom stereocenters. The van der Waals surface area contributed by atoms with Crippen LogP contribution in [-0.2, 0) is 4.79 Å². The number of anilines is 1. The summed E-state index contributed by atoms with van der Waals surface area (Å²) in [6.07, 6.45) is 0. The van der Waals surface area contributed by atoms with Gasteiger partial charge in [0.2, 0.25) is 5.91 Å². The van der Waals surface area contributed by atoms with E-state index in [0.717, 1.165) is 0 Å². The van der Waals surface area contributed by atoms with E-state index in [0.29, 0.717) is 16.6 Å². The van der Waals surface area contributed by atoms with Gasteiger partial charge in [-0.3, -0.25) is 4.79 Å². The highest BCUT2D eigenvalue weighted by Crippen LogP contribution is 2.27. The maximum absolute atomic E-state index is 11.3. The number of hydrogen-bond donors (Lipinski definition) is 1. The minimum absolute atomic E-state index is 0.0506. The topological polar surface area (TPSA) is 32.3 Å². The number of halogens is 1. The summed E-state index contributed by atoms with van der Waals surface area (Å²) in [4.78, 5) is 13.1. The van der Waals surface area contributed by atoms with Crippen molar-refractivity contribution in [2.24, 2.45) is 0 Å². The van der Waals surface area contributed by atoms with Gasteiger partial charge in [0, 0.05) is 0 Å². The van der Waals surface area contributed by atoms with Gasteiger partial charge in [0.15, 0.2) is 0 Å². The Kier molecular flexibility index (Phi) is 3.71. The molecule has 0 spiro atoms. The lowest BCUT2D eigenvalue weighted by molar-refractivity contribution is -0.116. The molecule has 1 N–H and O–H groups in total. The predicted octanol–water partition coefficient (Wildman–Crippen LogP) is 1.90. The molecule has 1 heterocycles. The number of carbonyl (C=O) groups excluding carboxylic acids is 1. The van der Waals surface area contributed by atoms with E-state index >= 15 is 0 Å². The fraction of sp³-hybridized carbons (Fsp3) is 0.375. The highest BCUT2D eigenvalue weighted by Gasteiger charge is 2.06. The lowest BCUT2D eigenvalue weighted by atomic mass is 10.4. The number of thiophene rings is 1. The maximum Gasteiger partial charge on any atom is 0.238 e. The van der Waals surface area contributed by atoms with Crippen molar-refractivity contribution < 1.29 is 4.79 Å². The highest BCUT2D eigenvalue weighted by molar-refractivity contribution is 7.15. The van der Waals surface area contributed by atoms with Gasteiger partial charge in [-0.15, -0.1) is 11.3 Å². The van der Waals surface area contributed by atoms with Crippen molar-refractivity contribution in [3.8, 4) is 0 Å². The molecule has 1 aromatic rings. The van der Waals surface area contributed by atoms with Gasteiger partial charge in [0.05, 0.1) is 12.2 Å². The summed E-state index contributed by atoms with van der Waals surface area (Å²) >= 11 is 7.21. The smallest absolute Gasteiger partial charge is 0.238 e. The molecule has 72 valence electrons. The van der Waals surface area contributed by atoms with Gasteiger partial charge >= 0.3 is 0 Å². The summed E-state index contributed by atoms with van der Waals surface area (Å²) in [6, 6.07) is 1.79. The lowest BCUT2D eigenvalue weighted by Crippen LogP contribution is -2.26. The van der Waals surface area contributed by atoms with E-state index in [1.54, 1.807) is 11.0 Å². The van der Waals surface area contributed by atoms with E-state index < -0.39 is 0 Å². The van der Waals surface area contributed by atoms with Crippen molar-refractivity contribution in [2.75, 3.05) is 26.0 Å². The molecular formula is C8H11ClN2OS. The first kappa shape index (κ1) is 10.5. The first-order valence-electron chi connectivity index (χ1n) is 3.77. The molecule has 0 aliphatic rings. The summed E-state index contributed by atoms with van der Waals surface area (Å²) in [5, 5.41) is 4.56. The minimum atomic E-state index is -0.0506. The van der Waals surface area contributed by atoms with Crippen molar-refractivity contribution >= 4 is 34.5 Å². The number of nitrogens with one attached hydrogen (secondary N) is 1. The molecule has 0 aliphatic heterocycles. The summed E-state index contributed by atoms with van der Waals surface area (Å²) in [6.45, 7) is 0.367. The van der Waals surface area contributed by atoms with Gasteiger partial charge in [-0.2, -0.15) is 0 Å². The Hall–Kier alpha value is -0.580. The van der Waals surface area contributed by atoms with Gasteiger partial charge in [-0.05, 0) is 25.5 Å². The van der Waals surface area contributed by atoms with Crippen molar-refractivity contribution in [2.45, 2.75) is 0 Å². The van der Waals surface area contributed by atoms with Crippen LogP contribution in [0.25, 0.3) is 0 Å². The Labute approximate surface area is 86.3 Å². The van der Waals surface area contributed by atoms with Gasteiger partial charge in [-0.25, -0.2) is 0 Å². The minimum Gasteiger partial charge on any atom is -0.323 e. The van der Waals surface area contributed by atoms with Crippen LogP contribution in [0.3, 0.4) is 0 Å². The Morgan fingerprint density at radius 3 is 2.85 bits per heavy atom. The fourth-order valence-corrected chi connectivity index (χ4v) is 1.69. The monoisotopic (exact) mass is 218 g/mol. The third kappa shape index (κ3) is 3.34. The summed E-state index contributed by atoms with van der Waals surface area (Å²) in [5.74, 6) is -0.0506. The zero-order valence-electron chi connectivity index (χ0n) is 7.50. The number of carbonyl (C=O) groups is 1. The van der Waals surface area contributed by atoms with Crippen LogP contribution in [0.2, 0.25) is 4.34 Å². The predicted molar refractivity (Wildman–Crippen MR) is 56.5 cm³/mol. The molecule has 0 saturated carbocycles. The number of likely N-dealkylation sites (N-methyl/N-ethyl adjacent to an activating group) is 1. The fourth-order valence-electron chi connectivity index (χ4n) is 0.859. The zero-order valence-corrected chi connectivity index (χ0v) is 9.08. The second-order valence-corrected chi connectivity index (χ2v) is 4.41. The molecule has 3 nitrogen and oxygen atoms in total. The van der Waals surface area contributed by atoms with Crippen LogP contribution in [0.1, 0.15) is 0 Å². The Balaban J connectivity index is 2.50. The first-order chi connectivity index (χ1) is 6.09. The van der Waals surface area contributed by atoms with Crippen LogP contribution in [0.15, 0.2) is 11.4 Å². The second-order valence-electron chi connectivity index (χ2n) is 2.89. The molecule has 13 heavy (non-hydrogen) atoms. The Morgan fingerprint density at radius 2 is 2.38 bits per heavy atom. The molecule has 0 saturated heterocycles. The third-order valence-electron chi connectivity index (χ3n) is 1.35. The highest BCUT2D eigenvalue weighted by atomic mass is 35.5. The zero-order chi connectivity index (χ0) is 9.84. The summed E-state index contributed by atoms with van der Waals surface area (Å²) in [7, 11) is 3.68.